The molecule has 3 aliphatic rings. The highest BCUT2D eigenvalue weighted by atomic mass is 16.5. The fourth-order valence-electron chi connectivity index (χ4n) is 4.51. The Bertz CT molecular complexity index is 521. The number of nitrogens with zero attached hydrogens (tertiary/aromatic N) is 2. The molecule has 0 amide bonds. The van der Waals surface area contributed by atoms with E-state index in [-0.39, 0.29) is 5.72 Å². The normalized spacial score (nSPS) is 32.4. The molecule has 2 fully saturated rings. The van der Waals surface area contributed by atoms with Crippen LogP contribution in [0.15, 0.2) is 42.7 Å². The van der Waals surface area contributed by atoms with Gasteiger partial charge in [-0.25, -0.2) is 0 Å². The van der Waals surface area contributed by atoms with Gasteiger partial charge in [-0.15, -0.1) is 0 Å². The van der Waals surface area contributed by atoms with E-state index in [1.165, 1.54) is 37.8 Å². The van der Waals surface area contributed by atoms with Gasteiger partial charge in [-0.05, 0) is 37.5 Å². The van der Waals surface area contributed by atoms with Crippen molar-refractivity contribution in [1.29, 1.82) is 0 Å². The molecule has 0 radical (unpaired) electrons. The van der Waals surface area contributed by atoms with Gasteiger partial charge in [-0.2, -0.15) is 0 Å². The molecule has 3 nitrogen and oxygen atoms in total. The van der Waals surface area contributed by atoms with Gasteiger partial charge in [0.15, 0.2) is 5.72 Å². The van der Waals surface area contributed by atoms with E-state index in [2.05, 4.69) is 46.2 Å². The third kappa shape index (κ3) is 2.41. The summed E-state index contributed by atoms with van der Waals surface area (Å²) in [6.45, 7) is 4.43. The van der Waals surface area contributed by atoms with Crippen LogP contribution in [0.1, 0.15) is 32.1 Å². The first-order valence-corrected chi connectivity index (χ1v) is 8.76. The van der Waals surface area contributed by atoms with Crippen molar-refractivity contribution in [3.63, 3.8) is 0 Å². The Hall–Kier alpha value is -1.48. The maximum absolute atomic E-state index is 6.28. The van der Waals surface area contributed by atoms with Gasteiger partial charge in [0, 0.05) is 44.2 Å². The number of hydrogen-bond donors (Lipinski definition) is 0. The highest BCUT2D eigenvalue weighted by Crippen LogP contribution is 2.44. The van der Waals surface area contributed by atoms with Crippen molar-refractivity contribution in [2.24, 2.45) is 5.92 Å². The summed E-state index contributed by atoms with van der Waals surface area (Å²) in [5.41, 5.74) is 1.35. The lowest BCUT2D eigenvalue weighted by molar-refractivity contribution is -0.182. The van der Waals surface area contributed by atoms with Gasteiger partial charge in [0.25, 0.3) is 0 Å². The zero-order chi connectivity index (χ0) is 14.8. The highest BCUT2D eigenvalue weighted by molar-refractivity contribution is 5.46. The molecule has 1 saturated carbocycles. The van der Waals surface area contributed by atoms with E-state index in [1.807, 2.05) is 6.26 Å². The van der Waals surface area contributed by atoms with Gasteiger partial charge < -0.3 is 9.64 Å². The van der Waals surface area contributed by atoms with E-state index in [0.717, 1.165) is 26.2 Å². The molecule has 2 atom stereocenters. The molecule has 2 heterocycles. The van der Waals surface area contributed by atoms with Crippen molar-refractivity contribution in [3.05, 3.63) is 42.7 Å². The number of benzene rings is 1. The minimum Gasteiger partial charge on any atom is -0.480 e. The molecule has 1 saturated heterocycles. The first kappa shape index (κ1) is 14.1. The first-order chi connectivity index (χ1) is 10.9. The Kier molecular flexibility index (Phi) is 3.83. The van der Waals surface area contributed by atoms with E-state index >= 15 is 0 Å². The number of anilines is 1. The molecule has 2 aliphatic heterocycles. The lowest BCUT2D eigenvalue weighted by Gasteiger charge is -2.53. The van der Waals surface area contributed by atoms with Gasteiger partial charge in [0.2, 0.25) is 0 Å². The topological polar surface area (TPSA) is 15.7 Å². The second-order valence-corrected chi connectivity index (χ2v) is 6.82. The smallest absolute Gasteiger partial charge is 0.165 e. The maximum atomic E-state index is 6.28. The highest BCUT2D eigenvalue weighted by Gasteiger charge is 2.48. The molecule has 0 unspecified atom stereocenters. The molecule has 0 N–H and O–H groups in total. The average molecular weight is 298 g/mol. The van der Waals surface area contributed by atoms with Crippen LogP contribution in [0.25, 0.3) is 0 Å². The fourth-order valence-corrected chi connectivity index (χ4v) is 4.51. The summed E-state index contributed by atoms with van der Waals surface area (Å²) in [6, 6.07) is 10.8. The molecule has 0 bridgehead atoms. The number of allylic oxidation sites excluding steroid dienone is 1. The van der Waals surface area contributed by atoms with Gasteiger partial charge in [-0.3, -0.25) is 4.90 Å². The number of hydrogen-bond acceptors (Lipinski definition) is 3. The standard InChI is InChI=1S/C19H26N2O/c1-2-9-18(10-3-1)20-12-14-21(15-13-20)19-11-5-4-7-17(19)8-6-16-22-19/h1-3,6,9-10,16-17H,4-5,7-8,11-15H2/t17-,19+/m0/s1. The summed E-state index contributed by atoms with van der Waals surface area (Å²) in [5, 5.41) is 0. The van der Waals surface area contributed by atoms with Gasteiger partial charge in [0.05, 0.1) is 6.26 Å². The first-order valence-electron chi connectivity index (χ1n) is 8.76. The van der Waals surface area contributed by atoms with Crippen molar-refractivity contribution >= 4 is 5.69 Å². The average Bonchev–Trinajstić information content (AvgIpc) is 2.62. The predicted octanol–water partition coefficient (Wildman–Crippen LogP) is 3.63. The molecular formula is C19H26N2O. The molecule has 0 aromatic heterocycles. The summed E-state index contributed by atoms with van der Waals surface area (Å²) in [4.78, 5) is 5.14. The van der Waals surface area contributed by atoms with Crippen LogP contribution in [0.5, 0.6) is 0 Å². The van der Waals surface area contributed by atoms with E-state index < -0.39 is 0 Å². The number of para-hydroxylation sites is 1. The van der Waals surface area contributed by atoms with Crippen LogP contribution in [0.2, 0.25) is 0 Å². The Labute approximate surface area is 133 Å². The van der Waals surface area contributed by atoms with Gasteiger partial charge in [0.1, 0.15) is 0 Å². The largest absolute Gasteiger partial charge is 0.480 e. The molecule has 1 aliphatic carbocycles. The minimum atomic E-state index is -0.00419. The Morgan fingerprint density at radius 1 is 1.00 bits per heavy atom. The zero-order valence-corrected chi connectivity index (χ0v) is 13.3. The second-order valence-electron chi connectivity index (χ2n) is 6.82. The molecule has 1 aromatic carbocycles. The molecule has 22 heavy (non-hydrogen) atoms. The predicted molar refractivity (Wildman–Crippen MR) is 89.8 cm³/mol. The van der Waals surface area contributed by atoms with E-state index in [0.29, 0.717) is 5.92 Å². The summed E-state index contributed by atoms with van der Waals surface area (Å²) in [6.07, 6.45) is 10.6. The summed E-state index contributed by atoms with van der Waals surface area (Å²) >= 11 is 0. The number of ether oxygens (including phenoxy) is 1. The van der Waals surface area contributed by atoms with Crippen molar-refractivity contribution in [3.8, 4) is 0 Å². The fraction of sp³-hybridized carbons (Fsp3) is 0.579. The number of fused-ring (bicyclic) bond motifs is 1. The quantitative estimate of drug-likeness (QED) is 0.829. The molecular weight excluding hydrogens is 272 g/mol. The number of piperazine rings is 1. The third-order valence-electron chi connectivity index (χ3n) is 5.70. The molecule has 4 rings (SSSR count). The van der Waals surface area contributed by atoms with Gasteiger partial charge >= 0.3 is 0 Å². The summed E-state index contributed by atoms with van der Waals surface area (Å²) < 4.78 is 6.28. The van der Waals surface area contributed by atoms with Crippen LogP contribution in [0.3, 0.4) is 0 Å². The lowest BCUT2D eigenvalue weighted by atomic mass is 9.77. The van der Waals surface area contributed by atoms with Crippen molar-refractivity contribution < 1.29 is 4.74 Å². The van der Waals surface area contributed by atoms with Crippen LogP contribution in [0.4, 0.5) is 5.69 Å². The molecule has 1 aromatic rings. The second kappa shape index (κ2) is 5.96. The Morgan fingerprint density at radius 3 is 2.64 bits per heavy atom. The summed E-state index contributed by atoms with van der Waals surface area (Å²) in [5.74, 6) is 0.689. The SMILES string of the molecule is C1=CO[C@]2(N3CCN(c4ccccc4)CC3)CCCC[C@H]2C1. The third-order valence-corrected chi connectivity index (χ3v) is 5.70. The van der Waals surface area contributed by atoms with Crippen LogP contribution >= 0.6 is 0 Å². The summed E-state index contributed by atoms with van der Waals surface area (Å²) in [7, 11) is 0. The van der Waals surface area contributed by atoms with Crippen LogP contribution in [-0.4, -0.2) is 36.8 Å². The van der Waals surface area contributed by atoms with Crippen LogP contribution < -0.4 is 4.90 Å². The molecule has 3 heteroatoms. The Morgan fingerprint density at radius 2 is 1.82 bits per heavy atom. The van der Waals surface area contributed by atoms with Crippen LogP contribution in [0, 0.1) is 5.92 Å². The lowest BCUT2D eigenvalue weighted by Crippen LogP contribution is -2.62. The Balaban J connectivity index is 1.47. The van der Waals surface area contributed by atoms with Crippen LogP contribution in [-0.2, 0) is 4.74 Å². The molecule has 0 spiro atoms. The van der Waals surface area contributed by atoms with E-state index in [4.69, 9.17) is 4.74 Å². The minimum absolute atomic E-state index is 0.00419. The van der Waals surface area contributed by atoms with E-state index in [1.54, 1.807) is 0 Å². The maximum Gasteiger partial charge on any atom is 0.165 e. The van der Waals surface area contributed by atoms with Gasteiger partial charge in [-0.1, -0.05) is 24.6 Å². The zero-order valence-electron chi connectivity index (χ0n) is 13.3. The van der Waals surface area contributed by atoms with Crippen molar-refractivity contribution in [2.75, 3.05) is 31.1 Å². The molecule has 118 valence electrons. The number of rotatable bonds is 2. The van der Waals surface area contributed by atoms with Crippen molar-refractivity contribution in [1.82, 2.24) is 4.90 Å². The van der Waals surface area contributed by atoms with E-state index in [9.17, 15) is 0 Å². The van der Waals surface area contributed by atoms with Crippen molar-refractivity contribution in [2.45, 2.75) is 37.8 Å². The monoisotopic (exact) mass is 298 g/mol.